The van der Waals surface area contributed by atoms with E-state index in [0.717, 1.165) is 74.6 Å². The molecule has 2 aromatic carbocycles. The van der Waals surface area contributed by atoms with Crippen LogP contribution in [0.4, 0.5) is 16.0 Å². The number of piperazine rings is 1. The van der Waals surface area contributed by atoms with Crippen LogP contribution in [-0.2, 0) is 6.42 Å². The molecule has 3 heterocycles. The molecule has 0 amide bonds. The molecule has 1 saturated heterocycles. The first-order valence-corrected chi connectivity index (χ1v) is 11.7. The molecular weight excluding hydrogens is 427 g/mol. The number of aryl methyl sites for hydroxylation is 1. The Morgan fingerprint density at radius 2 is 1.71 bits per heavy atom. The molecule has 0 saturated carbocycles. The van der Waals surface area contributed by atoms with Crippen LogP contribution in [-0.4, -0.2) is 52.6 Å². The van der Waals surface area contributed by atoms with Gasteiger partial charge in [-0.1, -0.05) is 18.2 Å². The maximum atomic E-state index is 13.1. The number of rotatable bonds is 7. The largest absolute Gasteiger partial charge is 0.361 e. The van der Waals surface area contributed by atoms with Crippen LogP contribution < -0.4 is 4.90 Å². The Kier molecular flexibility index (Phi) is 6.50. The highest BCUT2D eigenvalue weighted by atomic mass is 19.1. The van der Waals surface area contributed by atoms with Crippen molar-refractivity contribution in [3.8, 4) is 11.1 Å². The number of benzene rings is 2. The summed E-state index contributed by atoms with van der Waals surface area (Å²) < 4.78 is 13.1. The second-order valence-electron chi connectivity index (χ2n) is 8.72. The average molecular weight is 455 g/mol. The highest BCUT2D eigenvalue weighted by molar-refractivity contribution is 5.86. The van der Waals surface area contributed by atoms with Crippen molar-refractivity contribution in [1.82, 2.24) is 19.9 Å². The summed E-state index contributed by atoms with van der Waals surface area (Å²) in [6, 6.07) is 12.2. The van der Waals surface area contributed by atoms with Crippen LogP contribution in [0.5, 0.6) is 0 Å². The number of aromatic amines is 1. The Balaban J connectivity index is 1.07. The standard InChI is InChI=1S/C27H27FN6/c1-29-24-9-10-26-25(16-24)21(17-30-26)4-2-3-11-33-12-14-34(15-13-33)27-31-18-22(19-32-27)20-5-7-23(28)8-6-20/h5-10,16-19,30H,2-4,11-15H2. The third kappa shape index (κ3) is 4.92. The lowest BCUT2D eigenvalue weighted by Gasteiger charge is -2.34. The number of hydrogen-bond donors (Lipinski definition) is 1. The van der Waals surface area contributed by atoms with E-state index in [-0.39, 0.29) is 5.82 Å². The summed E-state index contributed by atoms with van der Waals surface area (Å²) in [5.74, 6) is 0.510. The van der Waals surface area contributed by atoms with Crippen molar-refractivity contribution >= 4 is 22.5 Å². The molecule has 4 aromatic rings. The number of unbranched alkanes of at least 4 members (excludes halogenated alkanes) is 1. The van der Waals surface area contributed by atoms with Gasteiger partial charge in [0.2, 0.25) is 5.95 Å². The lowest BCUT2D eigenvalue weighted by Crippen LogP contribution is -2.47. The SMILES string of the molecule is [C-]#[N+]c1ccc2[nH]cc(CCCCN3CCN(c4ncc(-c5ccc(F)cc5)cn4)CC3)c2c1. The molecule has 2 aromatic heterocycles. The lowest BCUT2D eigenvalue weighted by atomic mass is 10.1. The second-order valence-corrected chi connectivity index (χ2v) is 8.72. The number of fused-ring (bicyclic) bond motifs is 1. The molecule has 7 heteroatoms. The minimum Gasteiger partial charge on any atom is -0.361 e. The molecule has 0 unspecified atom stereocenters. The van der Waals surface area contributed by atoms with Gasteiger partial charge in [-0.2, -0.15) is 0 Å². The van der Waals surface area contributed by atoms with Gasteiger partial charge in [0.25, 0.3) is 0 Å². The molecule has 6 nitrogen and oxygen atoms in total. The summed E-state index contributed by atoms with van der Waals surface area (Å²) in [6.45, 7) is 12.2. The van der Waals surface area contributed by atoms with Crippen LogP contribution in [0.2, 0.25) is 0 Å². The van der Waals surface area contributed by atoms with Crippen LogP contribution in [0.1, 0.15) is 18.4 Å². The number of nitrogens with one attached hydrogen (secondary N) is 1. The molecule has 172 valence electrons. The first-order chi connectivity index (χ1) is 16.7. The molecule has 0 radical (unpaired) electrons. The lowest BCUT2D eigenvalue weighted by molar-refractivity contribution is 0.252. The number of H-pyrrole nitrogens is 1. The van der Waals surface area contributed by atoms with Crippen LogP contribution in [0.15, 0.2) is 61.1 Å². The summed E-state index contributed by atoms with van der Waals surface area (Å²) in [7, 11) is 0. The van der Waals surface area contributed by atoms with E-state index in [4.69, 9.17) is 6.57 Å². The third-order valence-corrected chi connectivity index (χ3v) is 6.52. The molecule has 1 aliphatic rings. The van der Waals surface area contributed by atoms with Gasteiger partial charge in [-0.3, -0.25) is 4.90 Å². The van der Waals surface area contributed by atoms with Crippen LogP contribution >= 0.6 is 0 Å². The maximum Gasteiger partial charge on any atom is 0.225 e. The summed E-state index contributed by atoms with van der Waals surface area (Å²) in [6.07, 6.45) is 9.01. The second kappa shape index (κ2) is 10.0. The van der Waals surface area contributed by atoms with Gasteiger partial charge in [0.15, 0.2) is 5.69 Å². The van der Waals surface area contributed by atoms with E-state index in [1.54, 1.807) is 12.1 Å². The van der Waals surface area contributed by atoms with Crippen molar-refractivity contribution < 1.29 is 4.39 Å². The molecule has 0 spiro atoms. The predicted molar refractivity (Wildman–Crippen MR) is 134 cm³/mol. The quantitative estimate of drug-likeness (QED) is 0.298. The Hall–Kier alpha value is -3.76. The van der Waals surface area contributed by atoms with Gasteiger partial charge < -0.3 is 9.88 Å². The van der Waals surface area contributed by atoms with Crippen molar-refractivity contribution in [2.24, 2.45) is 0 Å². The zero-order valence-corrected chi connectivity index (χ0v) is 19.0. The summed E-state index contributed by atoms with van der Waals surface area (Å²) in [5.41, 5.74) is 4.90. The highest BCUT2D eigenvalue weighted by Gasteiger charge is 2.18. The van der Waals surface area contributed by atoms with Gasteiger partial charge in [-0.05, 0) is 66.6 Å². The molecule has 1 N–H and O–H groups in total. The first-order valence-electron chi connectivity index (χ1n) is 11.7. The fourth-order valence-electron chi connectivity index (χ4n) is 4.54. The Morgan fingerprint density at radius 3 is 2.44 bits per heavy atom. The number of anilines is 1. The number of hydrogen-bond acceptors (Lipinski definition) is 4. The monoisotopic (exact) mass is 454 g/mol. The number of halogens is 1. The molecule has 0 atom stereocenters. The van der Waals surface area contributed by atoms with E-state index in [1.165, 1.54) is 23.1 Å². The van der Waals surface area contributed by atoms with Gasteiger partial charge >= 0.3 is 0 Å². The smallest absolute Gasteiger partial charge is 0.225 e. The van der Waals surface area contributed by atoms with E-state index in [0.29, 0.717) is 5.69 Å². The van der Waals surface area contributed by atoms with E-state index in [1.807, 2.05) is 30.6 Å². The molecular formula is C27H27FN6. The molecule has 1 aliphatic heterocycles. The predicted octanol–water partition coefficient (Wildman–Crippen LogP) is 5.46. The van der Waals surface area contributed by atoms with Gasteiger partial charge in [0, 0.05) is 55.8 Å². The fourth-order valence-corrected chi connectivity index (χ4v) is 4.54. The van der Waals surface area contributed by atoms with Crippen molar-refractivity contribution in [1.29, 1.82) is 0 Å². The normalized spacial score (nSPS) is 14.4. The molecule has 1 fully saturated rings. The van der Waals surface area contributed by atoms with Gasteiger partial charge in [0.05, 0.1) is 6.57 Å². The fraction of sp³-hybridized carbons (Fsp3) is 0.296. The molecule has 5 rings (SSSR count). The highest BCUT2D eigenvalue weighted by Crippen LogP contribution is 2.25. The van der Waals surface area contributed by atoms with Gasteiger partial charge in [0.1, 0.15) is 5.82 Å². The van der Waals surface area contributed by atoms with Crippen molar-refractivity contribution in [3.05, 3.63) is 83.9 Å². The maximum absolute atomic E-state index is 13.1. The van der Waals surface area contributed by atoms with Crippen LogP contribution in [0.25, 0.3) is 26.9 Å². The number of nitrogens with zero attached hydrogens (tertiary/aromatic N) is 5. The molecule has 34 heavy (non-hydrogen) atoms. The zero-order chi connectivity index (χ0) is 23.3. The Bertz CT molecular complexity index is 1280. The van der Waals surface area contributed by atoms with Crippen LogP contribution in [0, 0.1) is 12.4 Å². The minimum atomic E-state index is -0.243. The van der Waals surface area contributed by atoms with E-state index in [9.17, 15) is 4.39 Å². The van der Waals surface area contributed by atoms with Gasteiger partial charge in [-0.15, -0.1) is 0 Å². The summed E-state index contributed by atoms with van der Waals surface area (Å²) in [4.78, 5) is 20.7. The zero-order valence-electron chi connectivity index (χ0n) is 19.0. The third-order valence-electron chi connectivity index (χ3n) is 6.52. The Labute approximate surface area is 198 Å². The van der Waals surface area contributed by atoms with E-state index >= 15 is 0 Å². The number of aromatic nitrogens is 3. The summed E-state index contributed by atoms with van der Waals surface area (Å²) >= 11 is 0. The van der Waals surface area contributed by atoms with Crippen LogP contribution in [0.3, 0.4) is 0 Å². The molecule has 0 bridgehead atoms. The first kappa shape index (κ1) is 22.1. The van der Waals surface area contributed by atoms with Crippen molar-refractivity contribution in [2.45, 2.75) is 19.3 Å². The minimum absolute atomic E-state index is 0.243. The van der Waals surface area contributed by atoms with Crippen molar-refractivity contribution in [2.75, 3.05) is 37.6 Å². The van der Waals surface area contributed by atoms with Gasteiger partial charge in [-0.25, -0.2) is 19.2 Å². The Morgan fingerprint density at radius 1 is 0.941 bits per heavy atom. The van der Waals surface area contributed by atoms with E-state index in [2.05, 4.69) is 35.8 Å². The van der Waals surface area contributed by atoms with Crippen molar-refractivity contribution in [3.63, 3.8) is 0 Å². The van der Waals surface area contributed by atoms with E-state index < -0.39 is 0 Å². The topological polar surface area (TPSA) is 52.4 Å². The molecule has 0 aliphatic carbocycles. The average Bonchev–Trinajstić information content (AvgIpc) is 3.29. The summed E-state index contributed by atoms with van der Waals surface area (Å²) in [5, 5.41) is 1.17.